The Kier molecular flexibility index (Phi) is 8.23. The minimum absolute atomic E-state index is 0. The quantitative estimate of drug-likeness (QED) is 0.391. The first-order valence-corrected chi connectivity index (χ1v) is 9.43. The monoisotopic (exact) mass is 468 g/mol. The van der Waals surface area contributed by atoms with E-state index >= 15 is 0 Å². The summed E-state index contributed by atoms with van der Waals surface area (Å²) in [6, 6.07) is 7.20. The number of guanidine groups is 1. The van der Waals surface area contributed by atoms with Gasteiger partial charge in [-0.1, -0.05) is 6.42 Å². The predicted octanol–water partition coefficient (Wildman–Crippen LogP) is 1.85. The summed E-state index contributed by atoms with van der Waals surface area (Å²) < 4.78 is 30.2. The third-order valence-electron chi connectivity index (χ3n) is 3.83. The molecule has 1 saturated heterocycles. The predicted molar refractivity (Wildman–Crippen MR) is 108 cm³/mol. The van der Waals surface area contributed by atoms with Gasteiger partial charge in [0.1, 0.15) is 5.75 Å². The third kappa shape index (κ3) is 6.10. The maximum absolute atomic E-state index is 11.8. The summed E-state index contributed by atoms with van der Waals surface area (Å²) in [5, 5.41) is 2.99. The number of hydrogen-bond donors (Lipinski definition) is 2. The highest BCUT2D eigenvalue weighted by atomic mass is 127. The molecule has 1 unspecified atom stereocenters. The van der Waals surface area contributed by atoms with Crippen LogP contribution in [0.4, 0.5) is 5.69 Å². The molecule has 0 aliphatic carbocycles. The van der Waals surface area contributed by atoms with Crippen LogP contribution in [0.25, 0.3) is 0 Å². The summed E-state index contributed by atoms with van der Waals surface area (Å²) in [6.45, 7) is 0.924. The number of anilines is 1. The Morgan fingerprint density at radius 3 is 2.62 bits per heavy atom. The molecule has 1 aromatic rings. The van der Waals surface area contributed by atoms with Crippen molar-refractivity contribution in [2.75, 3.05) is 31.8 Å². The number of halogens is 1. The van der Waals surface area contributed by atoms with Crippen molar-refractivity contribution in [3.05, 3.63) is 24.3 Å². The second-order valence-corrected chi connectivity index (χ2v) is 7.54. The molecule has 1 aromatic carbocycles. The molecule has 1 aliphatic rings. The number of hydrogen-bond acceptors (Lipinski definition) is 4. The fraction of sp³-hybridized carbons (Fsp3) is 0.533. The number of rotatable bonds is 5. The molecule has 2 rings (SSSR count). The second kappa shape index (κ2) is 9.42. The average molecular weight is 468 g/mol. The SMILES string of the molecule is COc1ccc(NC(N)=NCC2CCCCN2S(C)(=O)=O)cc1.I. The summed E-state index contributed by atoms with van der Waals surface area (Å²) in [4.78, 5) is 4.30. The van der Waals surface area contributed by atoms with E-state index in [2.05, 4.69) is 10.3 Å². The Labute approximate surface area is 160 Å². The van der Waals surface area contributed by atoms with Crippen molar-refractivity contribution in [3.63, 3.8) is 0 Å². The van der Waals surface area contributed by atoms with Crippen LogP contribution in [0.3, 0.4) is 0 Å². The average Bonchev–Trinajstić information content (AvgIpc) is 2.53. The van der Waals surface area contributed by atoms with Crippen molar-refractivity contribution in [3.8, 4) is 5.75 Å². The maximum Gasteiger partial charge on any atom is 0.211 e. The van der Waals surface area contributed by atoms with Gasteiger partial charge in [-0.2, -0.15) is 4.31 Å². The van der Waals surface area contributed by atoms with E-state index < -0.39 is 10.0 Å². The molecule has 0 spiro atoms. The van der Waals surface area contributed by atoms with Crippen LogP contribution in [0.2, 0.25) is 0 Å². The van der Waals surface area contributed by atoms with Crippen LogP contribution in [-0.2, 0) is 10.0 Å². The fourth-order valence-corrected chi connectivity index (χ4v) is 3.83. The zero-order valence-electron chi connectivity index (χ0n) is 13.9. The molecule has 1 aliphatic heterocycles. The van der Waals surface area contributed by atoms with Crippen molar-refractivity contribution >= 4 is 45.6 Å². The fourth-order valence-electron chi connectivity index (χ4n) is 2.66. The molecule has 7 nitrogen and oxygen atoms in total. The van der Waals surface area contributed by atoms with Crippen molar-refractivity contribution < 1.29 is 13.2 Å². The van der Waals surface area contributed by atoms with Crippen LogP contribution in [0, 0.1) is 0 Å². The zero-order valence-corrected chi connectivity index (χ0v) is 17.1. The molecule has 24 heavy (non-hydrogen) atoms. The minimum Gasteiger partial charge on any atom is -0.497 e. The number of sulfonamides is 1. The number of nitrogens with one attached hydrogen (secondary N) is 1. The minimum atomic E-state index is -3.20. The summed E-state index contributed by atoms with van der Waals surface area (Å²) >= 11 is 0. The molecular weight excluding hydrogens is 443 g/mol. The highest BCUT2D eigenvalue weighted by Gasteiger charge is 2.28. The van der Waals surface area contributed by atoms with Gasteiger partial charge in [0.05, 0.1) is 19.9 Å². The summed E-state index contributed by atoms with van der Waals surface area (Å²) in [5.74, 6) is 1.03. The normalized spacial score (nSPS) is 19.4. The summed E-state index contributed by atoms with van der Waals surface area (Å²) in [5.41, 5.74) is 6.69. The molecule has 0 amide bonds. The lowest BCUT2D eigenvalue weighted by molar-refractivity contribution is 0.259. The molecule has 1 fully saturated rings. The van der Waals surface area contributed by atoms with Gasteiger partial charge in [0.15, 0.2) is 5.96 Å². The van der Waals surface area contributed by atoms with Crippen molar-refractivity contribution in [2.45, 2.75) is 25.3 Å². The van der Waals surface area contributed by atoms with E-state index in [-0.39, 0.29) is 36.0 Å². The van der Waals surface area contributed by atoms with E-state index in [0.717, 1.165) is 30.7 Å². The van der Waals surface area contributed by atoms with Gasteiger partial charge in [-0.25, -0.2) is 8.42 Å². The third-order valence-corrected chi connectivity index (χ3v) is 5.17. The Hall–Kier alpha value is -1.07. The van der Waals surface area contributed by atoms with Gasteiger partial charge in [0.25, 0.3) is 0 Å². The number of benzene rings is 1. The smallest absolute Gasteiger partial charge is 0.211 e. The Bertz CT molecular complexity index is 649. The summed E-state index contributed by atoms with van der Waals surface area (Å²) in [6.07, 6.45) is 3.96. The van der Waals surface area contributed by atoms with E-state index in [1.807, 2.05) is 24.3 Å². The number of ether oxygens (including phenoxy) is 1. The number of methoxy groups -OCH3 is 1. The molecule has 0 bridgehead atoms. The molecule has 1 atom stereocenters. The first-order valence-electron chi connectivity index (χ1n) is 7.58. The Morgan fingerprint density at radius 1 is 1.38 bits per heavy atom. The van der Waals surface area contributed by atoms with Crippen molar-refractivity contribution in [1.82, 2.24) is 4.31 Å². The van der Waals surface area contributed by atoms with Crippen molar-refractivity contribution in [1.29, 1.82) is 0 Å². The lowest BCUT2D eigenvalue weighted by Gasteiger charge is -2.32. The van der Waals surface area contributed by atoms with E-state index in [0.29, 0.717) is 13.1 Å². The number of piperidine rings is 1. The lowest BCUT2D eigenvalue weighted by atomic mass is 10.1. The van der Waals surface area contributed by atoms with Gasteiger partial charge < -0.3 is 15.8 Å². The molecule has 0 aromatic heterocycles. The zero-order chi connectivity index (χ0) is 16.9. The van der Waals surface area contributed by atoms with Crippen LogP contribution in [-0.4, -0.2) is 51.2 Å². The molecule has 3 N–H and O–H groups in total. The van der Waals surface area contributed by atoms with E-state index in [4.69, 9.17) is 10.5 Å². The van der Waals surface area contributed by atoms with Crippen LogP contribution in [0.5, 0.6) is 5.75 Å². The standard InChI is InChI=1S/C15H24N4O3S.HI/c1-22-14-8-6-12(7-9-14)18-15(16)17-11-13-5-3-4-10-19(13)23(2,20)21;/h6-9,13H,3-5,10-11H2,1-2H3,(H3,16,17,18);1H. The number of nitrogens with zero attached hydrogens (tertiary/aromatic N) is 2. The van der Waals surface area contributed by atoms with Crippen LogP contribution in [0.15, 0.2) is 29.3 Å². The van der Waals surface area contributed by atoms with Crippen LogP contribution >= 0.6 is 24.0 Å². The highest BCUT2D eigenvalue weighted by Crippen LogP contribution is 2.20. The maximum atomic E-state index is 11.8. The van der Waals surface area contributed by atoms with Gasteiger partial charge in [-0.3, -0.25) is 4.99 Å². The number of nitrogens with two attached hydrogens (primary N) is 1. The summed E-state index contributed by atoms with van der Waals surface area (Å²) in [7, 11) is -1.59. The largest absolute Gasteiger partial charge is 0.497 e. The Balaban J connectivity index is 0.00000288. The van der Waals surface area contributed by atoms with Crippen molar-refractivity contribution in [2.24, 2.45) is 10.7 Å². The van der Waals surface area contributed by atoms with Gasteiger partial charge in [-0.15, -0.1) is 24.0 Å². The topological polar surface area (TPSA) is 97.0 Å². The van der Waals surface area contributed by atoms with Crippen LogP contribution in [0.1, 0.15) is 19.3 Å². The van der Waals surface area contributed by atoms with E-state index in [1.165, 1.54) is 10.6 Å². The lowest BCUT2D eigenvalue weighted by Crippen LogP contribution is -2.45. The van der Waals surface area contributed by atoms with Gasteiger partial charge in [-0.05, 0) is 37.1 Å². The van der Waals surface area contributed by atoms with Gasteiger partial charge in [0.2, 0.25) is 10.0 Å². The molecule has 9 heteroatoms. The molecule has 0 saturated carbocycles. The highest BCUT2D eigenvalue weighted by molar-refractivity contribution is 14.0. The molecule has 136 valence electrons. The first kappa shape index (κ1) is 21.0. The molecular formula is C15H25IN4O3S. The second-order valence-electron chi connectivity index (χ2n) is 5.60. The van der Waals surface area contributed by atoms with Gasteiger partial charge >= 0.3 is 0 Å². The number of aliphatic imine (C=N–C) groups is 1. The molecule has 1 heterocycles. The molecule has 0 radical (unpaired) electrons. The van der Waals surface area contributed by atoms with E-state index in [1.54, 1.807) is 7.11 Å². The first-order chi connectivity index (χ1) is 10.9. The van der Waals surface area contributed by atoms with Crippen LogP contribution < -0.4 is 15.8 Å². The van der Waals surface area contributed by atoms with E-state index in [9.17, 15) is 8.42 Å². The van der Waals surface area contributed by atoms with Gasteiger partial charge in [0, 0.05) is 18.3 Å². The Morgan fingerprint density at radius 2 is 2.04 bits per heavy atom.